The zero-order chi connectivity index (χ0) is 15.4. The second-order valence-electron chi connectivity index (χ2n) is 8.88. The topological polar surface area (TPSA) is 0 Å². The molecule has 0 N–H and O–H groups in total. The maximum absolute atomic E-state index is 5.75. The number of hydrogen-bond donors (Lipinski definition) is 0. The zero-order valence-electron chi connectivity index (χ0n) is 14.1. The van der Waals surface area contributed by atoms with Crippen molar-refractivity contribution >= 4 is 11.6 Å². The lowest BCUT2D eigenvalue weighted by molar-refractivity contribution is -0.0335. The highest BCUT2D eigenvalue weighted by Gasteiger charge is 2.57. The second-order valence-corrected chi connectivity index (χ2v) is 9.07. The second kappa shape index (κ2) is 5.31. The van der Waals surface area contributed by atoms with E-state index in [2.05, 4.69) is 31.2 Å². The maximum atomic E-state index is 5.75. The fourth-order valence-corrected chi connectivity index (χ4v) is 7.13. The summed E-state index contributed by atoms with van der Waals surface area (Å²) in [5, 5.41) is 2.70. The molecule has 0 radical (unpaired) electrons. The molecule has 0 spiro atoms. The van der Waals surface area contributed by atoms with E-state index in [9.17, 15) is 0 Å². The third-order valence-corrected chi connectivity index (χ3v) is 8.36. The van der Waals surface area contributed by atoms with Gasteiger partial charge in [0.2, 0.25) is 0 Å². The Morgan fingerprint density at radius 3 is 2.77 bits per heavy atom. The molecule has 0 unspecified atom stereocenters. The van der Waals surface area contributed by atoms with E-state index < -0.39 is 0 Å². The monoisotopic (exact) mass is 316 g/mol. The third-order valence-electron chi connectivity index (χ3n) is 8.25. The largest absolute Gasteiger partial charge is 0.0845 e. The number of hydrogen-bond acceptors (Lipinski definition) is 0. The standard InChI is InChI=1S/C21H29Cl/c1-20-12-4-3-5-15(20)6-8-17-18-9-7-16(11-14-22)21(18,2)13-10-19(17)20/h6,16-19H,3-5,7-10,12-13H2,1-2H3/t16-,17-,18-,19-,20-,21+/m0/s1. The van der Waals surface area contributed by atoms with Gasteiger partial charge in [0.05, 0.1) is 0 Å². The van der Waals surface area contributed by atoms with Gasteiger partial charge in [-0.1, -0.05) is 37.8 Å². The van der Waals surface area contributed by atoms with Crippen LogP contribution in [0.4, 0.5) is 0 Å². The Morgan fingerprint density at radius 2 is 1.95 bits per heavy atom. The van der Waals surface area contributed by atoms with Crippen LogP contribution >= 0.6 is 11.6 Å². The lowest BCUT2D eigenvalue weighted by Gasteiger charge is -2.57. The highest BCUT2D eigenvalue weighted by Crippen LogP contribution is 2.66. The fourth-order valence-electron chi connectivity index (χ4n) is 7.00. The van der Waals surface area contributed by atoms with Gasteiger partial charge < -0.3 is 0 Å². The Hall–Kier alpha value is -0.410. The summed E-state index contributed by atoms with van der Waals surface area (Å²) in [5.74, 6) is 6.62. The quantitative estimate of drug-likeness (QED) is 0.371. The van der Waals surface area contributed by atoms with E-state index in [1.807, 2.05) is 5.57 Å². The molecule has 0 aliphatic heterocycles. The molecule has 4 aliphatic carbocycles. The highest BCUT2D eigenvalue weighted by atomic mass is 35.5. The van der Waals surface area contributed by atoms with Crippen LogP contribution < -0.4 is 0 Å². The van der Waals surface area contributed by atoms with E-state index >= 15 is 0 Å². The van der Waals surface area contributed by atoms with E-state index in [4.69, 9.17) is 11.6 Å². The third kappa shape index (κ3) is 1.97. The van der Waals surface area contributed by atoms with Crippen LogP contribution in [0, 0.1) is 45.8 Å². The van der Waals surface area contributed by atoms with Gasteiger partial charge in [-0.2, -0.15) is 0 Å². The van der Waals surface area contributed by atoms with E-state index in [1.165, 1.54) is 57.8 Å². The summed E-state index contributed by atoms with van der Waals surface area (Å²) >= 11 is 5.75. The molecule has 0 amide bonds. The van der Waals surface area contributed by atoms with Crippen molar-refractivity contribution < 1.29 is 0 Å². The van der Waals surface area contributed by atoms with Gasteiger partial charge in [0.25, 0.3) is 0 Å². The van der Waals surface area contributed by atoms with Crippen LogP contribution in [0.2, 0.25) is 0 Å². The molecule has 0 saturated heterocycles. The van der Waals surface area contributed by atoms with Crippen molar-refractivity contribution in [3.8, 4) is 11.3 Å². The highest BCUT2D eigenvalue weighted by molar-refractivity contribution is 6.30. The Morgan fingerprint density at radius 1 is 1.09 bits per heavy atom. The molecule has 0 heterocycles. The van der Waals surface area contributed by atoms with Crippen LogP contribution in [0.25, 0.3) is 0 Å². The SMILES string of the molecule is C[C@]12CC[C@H]3[C@@H](CC=C4CCCC[C@@]43C)[C@@H]1CC[C@H]2C#CCl. The number of halogens is 1. The van der Waals surface area contributed by atoms with Gasteiger partial charge in [0.1, 0.15) is 0 Å². The predicted molar refractivity (Wildman–Crippen MR) is 93.4 cm³/mol. The molecule has 3 fully saturated rings. The fraction of sp³-hybridized carbons (Fsp3) is 0.810. The number of rotatable bonds is 0. The average molecular weight is 317 g/mol. The van der Waals surface area contributed by atoms with Gasteiger partial charge >= 0.3 is 0 Å². The molecule has 0 aromatic heterocycles. The minimum Gasteiger partial charge on any atom is -0.0845 e. The Bertz CT molecular complexity index is 550. The van der Waals surface area contributed by atoms with E-state index in [0.717, 1.165) is 17.8 Å². The molecule has 0 aromatic carbocycles. The van der Waals surface area contributed by atoms with Gasteiger partial charge in [0.15, 0.2) is 0 Å². The first-order valence-electron chi connectivity index (χ1n) is 9.40. The molecule has 0 nitrogen and oxygen atoms in total. The molecule has 6 atom stereocenters. The lowest BCUT2D eigenvalue weighted by atomic mass is 9.47. The summed E-state index contributed by atoms with van der Waals surface area (Å²) in [4.78, 5) is 0. The first kappa shape index (κ1) is 15.1. The predicted octanol–water partition coefficient (Wildman–Crippen LogP) is 6.16. The Kier molecular flexibility index (Phi) is 3.65. The van der Waals surface area contributed by atoms with Crippen LogP contribution in [-0.2, 0) is 0 Å². The van der Waals surface area contributed by atoms with Gasteiger partial charge in [-0.25, -0.2) is 0 Å². The molecule has 0 aromatic rings. The Labute approximate surface area is 141 Å². The maximum Gasteiger partial charge on any atom is 0.0272 e. The molecule has 120 valence electrons. The van der Waals surface area contributed by atoms with Crippen LogP contribution in [-0.4, -0.2) is 0 Å². The van der Waals surface area contributed by atoms with E-state index in [-0.39, 0.29) is 0 Å². The summed E-state index contributed by atoms with van der Waals surface area (Å²) in [6.07, 6.45) is 15.1. The van der Waals surface area contributed by atoms with Crippen molar-refractivity contribution in [3.05, 3.63) is 11.6 Å². The van der Waals surface area contributed by atoms with Crippen LogP contribution in [0.5, 0.6) is 0 Å². The van der Waals surface area contributed by atoms with Crippen molar-refractivity contribution in [1.29, 1.82) is 0 Å². The number of fused-ring (bicyclic) bond motifs is 5. The van der Waals surface area contributed by atoms with Crippen molar-refractivity contribution in [2.24, 2.45) is 34.5 Å². The smallest absolute Gasteiger partial charge is 0.0272 e. The average Bonchev–Trinajstić information content (AvgIpc) is 2.84. The summed E-state index contributed by atoms with van der Waals surface area (Å²) in [5.41, 5.74) is 2.77. The van der Waals surface area contributed by atoms with Crippen LogP contribution in [0.3, 0.4) is 0 Å². The molecule has 4 rings (SSSR count). The summed E-state index contributed by atoms with van der Waals surface area (Å²) < 4.78 is 0. The van der Waals surface area contributed by atoms with E-state index in [0.29, 0.717) is 16.7 Å². The summed E-state index contributed by atoms with van der Waals surface area (Å²) in [7, 11) is 0. The molecule has 3 saturated carbocycles. The minimum atomic E-state index is 0.430. The van der Waals surface area contributed by atoms with Gasteiger partial charge in [-0.3, -0.25) is 0 Å². The van der Waals surface area contributed by atoms with Crippen LogP contribution in [0.1, 0.15) is 71.6 Å². The molecular formula is C21H29Cl. The molecule has 0 bridgehead atoms. The van der Waals surface area contributed by atoms with Gasteiger partial charge in [-0.15, -0.1) is 0 Å². The molecule has 22 heavy (non-hydrogen) atoms. The summed E-state index contributed by atoms with van der Waals surface area (Å²) in [6.45, 7) is 5.12. The molecular weight excluding hydrogens is 288 g/mol. The number of allylic oxidation sites excluding steroid dienone is 2. The van der Waals surface area contributed by atoms with Crippen molar-refractivity contribution in [2.75, 3.05) is 0 Å². The van der Waals surface area contributed by atoms with E-state index in [1.54, 1.807) is 0 Å². The first-order chi connectivity index (χ1) is 10.6. The Balaban J connectivity index is 1.67. The lowest BCUT2D eigenvalue weighted by Crippen LogP contribution is -2.49. The van der Waals surface area contributed by atoms with Crippen molar-refractivity contribution in [3.63, 3.8) is 0 Å². The van der Waals surface area contributed by atoms with Crippen molar-refractivity contribution in [2.45, 2.75) is 71.6 Å². The van der Waals surface area contributed by atoms with Gasteiger partial charge in [0, 0.05) is 11.3 Å². The minimum absolute atomic E-state index is 0.430. The van der Waals surface area contributed by atoms with Crippen LogP contribution in [0.15, 0.2) is 11.6 Å². The molecule has 1 heteroatoms. The van der Waals surface area contributed by atoms with Crippen molar-refractivity contribution in [1.82, 2.24) is 0 Å². The first-order valence-corrected chi connectivity index (χ1v) is 9.78. The zero-order valence-corrected chi connectivity index (χ0v) is 14.9. The van der Waals surface area contributed by atoms with Gasteiger partial charge in [-0.05, 0) is 91.6 Å². The normalized spacial score (nSPS) is 50.0. The summed E-state index contributed by atoms with van der Waals surface area (Å²) in [6, 6.07) is 0. The molecule has 4 aliphatic rings.